The van der Waals surface area contributed by atoms with Crippen molar-refractivity contribution in [3.05, 3.63) is 53.6 Å². The van der Waals surface area contributed by atoms with E-state index < -0.39 is 0 Å². The fourth-order valence-corrected chi connectivity index (χ4v) is 2.40. The average molecular weight is 329 g/mol. The van der Waals surface area contributed by atoms with Crippen LogP contribution in [0.2, 0.25) is 0 Å². The average Bonchev–Trinajstić information content (AvgIpc) is 2.60. The van der Waals surface area contributed by atoms with E-state index in [9.17, 15) is 4.79 Å². The number of rotatable bonds is 7. The Bertz CT molecular complexity index is 660. The first-order chi connectivity index (χ1) is 11.5. The summed E-state index contributed by atoms with van der Waals surface area (Å²) in [5, 5.41) is 2.91. The van der Waals surface area contributed by atoms with Gasteiger partial charge in [-0.3, -0.25) is 4.79 Å². The molecule has 0 heterocycles. The van der Waals surface area contributed by atoms with Crippen LogP contribution < -0.4 is 19.5 Å². The fraction of sp³-hybridized carbons (Fsp3) is 0.316. The topological polar surface area (TPSA) is 56.8 Å². The van der Waals surface area contributed by atoms with E-state index in [2.05, 4.69) is 5.32 Å². The zero-order chi connectivity index (χ0) is 17.5. The molecule has 2 rings (SSSR count). The second-order valence-corrected chi connectivity index (χ2v) is 5.49. The van der Waals surface area contributed by atoms with Gasteiger partial charge in [0.05, 0.1) is 20.3 Å². The predicted octanol–water partition coefficient (Wildman–Crippen LogP) is 3.27. The van der Waals surface area contributed by atoms with Gasteiger partial charge in [-0.2, -0.15) is 0 Å². The lowest BCUT2D eigenvalue weighted by Crippen LogP contribution is -2.31. The Morgan fingerprint density at radius 1 is 1.08 bits per heavy atom. The van der Waals surface area contributed by atoms with E-state index in [1.54, 1.807) is 14.2 Å². The summed E-state index contributed by atoms with van der Waals surface area (Å²) in [6.45, 7) is 3.75. The van der Waals surface area contributed by atoms with Crippen LogP contribution in [-0.2, 0) is 4.79 Å². The van der Waals surface area contributed by atoms with Gasteiger partial charge in [0, 0.05) is 0 Å². The van der Waals surface area contributed by atoms with E-state index in [0.717, 1.165) is 11.1 Å². The molecule has 2 aromatic rings. The van der Waals surface area contributed by atoms with Crippen molar-refractivity contribution in [3.63, 3.8) is 0 Å². The molecule has 0 aliphatic carbocycles. The SMILES string of the molecule is COc1cc(C)cc(OC)c1OCC(=O)N[C@@H](C)c1ccccc1. The highest BCUT2D eigenvalue weighted by atomic mass is 16.5. The number of carbonyl (C=O) groups is 1. The van der Waals surface area contributed by atoms with Gasteiger partial charge in [0.25, 0.3) is 5.91 Å². The van der Waals surface area contributed by atoms with Crippen molar-refractivity contribution in [3.8, 4) is 17.2 Å². The zero-order valence-electron chi connectivity index (χ0n) is 14.5. The Morgan fingerprint density at radius 3 is 2.21 bits per heavy atom. The lowest BCUT2D eigenvalue weighted by molar-refractivity contribution is -0.123. The molecule has 1 amide bonds. The molecule has 0 aliphatic heterocycles. The molecule has 0 saturated heterocycles. The van der Waals surface area contributed by atoms with Crippen LogP contribution in [0.3, 0.4) is 0 Å². The number of benzene rings is 2. The molecule has 128 valence electrons. The predicted molar refractivity (Wildman–Crippen MR) is 92.8 cm³/mol. The molecule has 0 spiro atoms. The summed E-state index contributed by atoms with van der Waals surface area (Å²) >= 11 is 0. The van der Waals surface area contributed by atoms with E-state index in [-0.39, 0.29) is 18.6 Å². The van der Waals surface area contributed by atoms with E-state index in [4.69, 9.17) is 14.2 Å². The quantitative estimate of drug-likeness (QED) is 0.847. The maximum Gasteiger partial charge on any atom is 0.258 e. The number of methoxy groups -OCH3 is 2. The van der Waals surface area contributed by atoms with Gasteiger partial charge in [-0.25, -0.2) is 0 Å². The number of nitrogens with one attached hydrogen (secondary N) is 1. The molecule has 0 unspecified atom stereocenters. The van der Waals surface area contributed by atoms with Crippen LogP contribution in [0.25, 0.3) is 0 Å². The Hall–Kier alpha value is -2.69. The van der Waals surface area contributed by atoms with Gasteiger partial charge in [0.1, 0.15) is 0 Å². The molecule has 2 aromatic carbocycles. The molecule has 0 bridgehead atoms. The maximum absolute atomic E-state index is 12.1. The van der Waals surface area contributed by atoms with E-state index in [1.807, 2.05) is 56.3 Å². The van der Waals surface area contributed by atoms with Crippen molar-refractivity contribution in [2.24, 2.45) is 0 Å². The third-order valence-corrected chi connectivity index (χ3v) is 3.63. The third kappa shape index (κ3) is 4.41. The largest absolute Gasteiger partial charge is 0.493 e. The zero-order valence-corrected chi connectivity index (χ0v) is 14.5. The van der Waals surface area contributed by atoms with E-state index in [0.29, 0.717) is 17.2 Å². The van der Waals surface area contributed by atoms with Crippen LogP contribution in [-0.4, -0.2) is 26.7 Å². The highest BCUT2D eigenvalue weighted by Gasteiger charge is 2.16. The summed E-state index contributed by atoms with van der Waals surface area (Å²) in [4.78, 5) is 12.1. The molecule has 5 nitrogen and oxygen atoms in total. The summed E-state index contributed by atoms with van der Waals surface area (Å²) in [5.41, 5.74) is 2.02. The monoisotopic (exact) mass is 329 g/mol. The summed E-state index contributed by atoms with van der Waals surface area (Å²) in [7, 11) is 3.11. The van der Waals surface area contributed by atoms with Crippen molar-refractivity contribution >= 4 is 5.91 Å². The van der Waals surface area contributed by atoms with Crippen molar-refractivity contribution in [1.82, 2.24) is 5.32 Å². The Kier molecular flexibility index (Phi) is 6.07. The van der Waals surface area contributed by atoms with E-state index >= 15 is 0 Å². The van der Waals surface area contributed by atoms with Gasteiger partial charge in [-0.05, 0) is 37.1 Å². The highest BCUT2D eigenvalue weighted by Crippen LogP contribution is 2.38. The van der Waals surface area contributed by atoms with Gasteiger partial charge in [0.2, 0.25) is 5.75 Å². The van der Waals surface area contributed by atoms with Crippen LogP contribution in [0.1, 0.15) is 24.1 Å². The van der Waals surface area contributed by atoms with E-state index in [1.165, 1.54) is 0 Å². The minimum Gasteiger partial charge on any atom is -0.493 e. The van der Waals surface area contributed by atoms with Crippen molar-refractivity contribution in [2.75, 3.05) is 20.8 Å². The Labute approximate surface area is 142 Å². The van der Waals surface area contributed by atoms with Gasteiger partial charge in [-0.1, -0.05) is 30.3 Å². The molecule has 0 saturated carbocycles. The number of hydrogen-bond donors (Lipinski definition) is 1. The molecule has 0 fully saturated rings. The fourth-order valence-electron chi connectivity index (χ4n) is 2.40. The standard InChI is InChI=1S/C19H23NO4/c1-13-10-16(22-3)19(17(11-13)23-4)24-12-18(21)20-14(2)15-8-6-5-7-9-15/h5-11,14H,12H2,1-4H3,(H,20,21)/t14-/m0/s1. The second kappa shape index (κ2) is 8.24. The highest BCUT2D eigenvalue weighted by molar-refractivity contribution is 5.78. The van der Waals surface area contributed by atoms with Gasteiger partial charge in [-0.15, -0.1) is 0 Å². The van der Waals surface area contributed by atoms with Crippen molar-refractivity contribution in [1.29, 1.82) is 0 Å². The first kappa shape index (κ1) is 17.7. The van der Waals surface area contributed by atoms with Gasteiger partial charge < -0.3 is 19.5 Å². The Balaban J connectivity index is 2.01. The van der Waals surface area contributed by atoms with Crippen LogP contribution in [0.4, 0.5) is 0 Å². The molecule has 1 atom stereocenters. The molecular formula is C19H23NO4. The minimum atomic E-state index is -0.212. The molecule has 5 heteroatoms. The number of hydrogen-bond acceptors (Lipinski definition) is 4. The first-order valence-corrected chi connectivity index (χ1v) is 7.75. The van der Waals surface area contributed by atoms with Crippen LogP contribution in [0.5, 0.6) is 17.2 Å². The summed E-state index contributed by atoms with van der Waals surface area (Å²) in [5.74, 6) is 1.29. The second-order valence-electron chi connectivity index (χ2n) is 5.49. The maximum atomic E-state index is 12.1. The molecule has 1 N–H and O–H groups in total. The van der Waals surface area contributed by atoms with Crippen LogP contribution in [0, 0.1) is 6.92 Å². The lowest BCUT2D eigenvalue weighted by Gasteiger charge is -2.17. The normalized spacial score (nSPS) is 11.5. The smallest absolute Gasteiger partial charge is 0.258 e. The molecular weight excluding hydrogens is 306 g/mol. The Morgan fingerprint density at radius 2 is 1.67 bits per heavy atom. The number of amides is 1. The minimum absolute atomic E-state index is 0.0934. The summed E-state index contributed by atoms with van der Waals surface area (Å²) in [6.07, 6.45) is 0. The lowest BCUT2D eigenvalue weighted by atomic mass is 10.1. The number of ether oxygens (including phenoxy) is 3. The third-order valence-electron chi connectivity index (χ3n) is 3.63. The first-order valence-electron chi connectivity index (χ1n) is 7.75. The molecule has 0 radical (unpaired) electrons. The van der Waals surface area contributed by atoms with Gasteiger partial charge in [0.15, 0.2) is 18.1 Å². The number of aryl methyl sites for hydroxylation is 1. The number of carbonyl (C=O) groups excluding carboxylic acids is 1. The molecule has 24 heavy (non-hydrogen) atoms. The van der Waals surface area contributed by atoms with Crippen molar-refractivity contribution in [2.45, 2.75) is 19.9 Å². The molecule has 0 aromatic heterocycles. The summed E-state index contributed by atoms with van der Waals surface area (Å²) < 4.78 is 16.3. The van der Waals surface area contributed by atoms with Gasteiger partial charge >= 0.3 is 0 Å². The molecule has 0 aliphatic rings. The van der Waals surface area contributed by atoms with Crippen LogP contribution in [0.15, 0.2) is 42.5 Å². The van der Waals surface area contributed by atoms with Crippen LogP contribution >= 0.6 is 0 Å². The summed E-state index contributed by atoms with van der Waals surface area (Å²) in [6, 6.07) is 13.3. The van der Waals surface area contributed by atoms with Crippen molar-refractivity contribution < 1.29 is 19.0 Å².